The molecule has 11 heteroatoms. The van der Waals surface area contributed by atoms with Crippen molar-refractivity contribution in [2.45, 2.75) is 45.1 Å². The first-order valence-corrected chi connectivity index (χ1v) is 21.4. The van der Waals surface area contributed by atoms with Gasteiger partial charge in [-0.25, -0.2) is 4.79 Å². The highest BCUT2D eigenvalue weighted by Gasteiger charge is 2.56. The molecule has 0 spiro atoms. The Hall–Kier alpha value is -4.08. The van der Waals surface area contributed by atoms with Crippen LogP contribution < -0.4 is 21.2 Å². The van der Waals surface area contributed by atoms with E-state index in [0.717, 1.165) is 27.3 Å². The fourth-order valence-electron chi connectivity index (χ4n) is 6.39. The number of carboxylic acid groups (broad SMARTS) is 1. The lowest BCUT2D eigenvalue weighted by atomic mass is 9.80. The third kappa shape index (κ3) is 6.69. The number of ketones is 1. The van der Waals surface area contributed by atoms with E-state index >= 15 is 0 Å². The standard InChI is InChI=1S/C36H39N2O6PSSi/c1-24(44-47(3,4)5)32-28(23-29(39)30-21-22-31(46-30)33(40)37-2)38(34(32)41)35(36(42)43)45(25-15-9-6-10-16-25,26-17-11-7-12-18-26)27-19-13-8-14-20-27/h6-22,24,28,32H,23H2,1-5H3,(H,37,40)(H,42,43)/t24-,28-,32-/m1/s1. The summed E-state index contributed by atoms with van der Waals surface area (Å²) in [6.45, 7) is 4.71. The molecule has 2 N–H and O–H groups in total. The first-order valence-electron chi connectivity index (χ1n) is 15.4. The van der Waals surface area contributed by atoms with Crippen molar-refractivity contribution in [2.75, 3.05) is 7.05 Å². The molecule has 244 valence electrons. The number of thiophene rings is 1. The van der Waals surface area contributed by atoms with Crippen LogP contribution in [-0.2, 0) is 14.0 Å². The molecule has 0 aliphatic carbocycles. The quantitative estimate of drug-likeness (QED) is 0.0944. The third-order valence-corrected chi connectivity index (χ3v) is 14.7. The molecule has 2 heterocycles. The molecule has 1 aromatic heterocycles. The highest BCUT2D eigenvalue weighted by molar-refractivity contribution is 7.96. The summed E-state index contributed by atoms with van der Waals surface area (Å²) in [6, 6.07) is 30.8. The molecule has 47 heavy (non-hydrogen) atoms. The van der Waals surface area contributed by atoms with Gasteiger partial charge in [-0.3, -0.25) is 14.4 Å². The molecule has 2 amide bonds. The summed E-state index contributed by atoms with van der Waals surface area (Å²) >= 11 is 1.08. The number of β-lactam (4-membered cyclic amide) rings is 1. The summed E-state index contributed by atoms with van der Waals surface area (Å²) in [5, 5.41) is 16.2. The Bertz CT molecular complexity index is 1740. The number of nitrogens with zero attached hydrogens (tertiary/aromatic N) is 1. The highest BCUT2D eigenvalue weighted by atomic mass is 32.1. The number of rotatable bonds is 12. The maximum absolute atomic E-state index is 14.5. The van der Waals surface area contributed by atoms with Crippen molar-refractivity contribution in [2.24, 2.45) is 5.92 Å². The van der Waals surface area contributed by atoms with Gasteiger partial charge in [0.2, 0.25) is 5.91 Å². The van der Waals surface area contributed by atoms with Crippen LogP contribution in [0.2, 0.25) is 19.6 Å². The molecule has 3 aromatic carbocycles. The fraction of sp³-hybridized carbons (Fsp3) is 0.250. The van der Waals surface area contributed by atoms with Crippen molar-refractivity contribution in [1.29, 1.82) is 0 Å². The second-order valence-corrected chi connectivity index (χ2v) is 21.3. The fourth-order valence-corrected chi connectivity index (χ4v) is 12.9. The van der Waals surface area contributed by atoms with Crippen molar-refractivity contribution in [1.82, 2.24) is 10.2 Å². The number of carbonyl (C=O) groups excluding carboxylic acids is 3. The van der Waals surface area contributed by atoms with Gasteiger partial charge in [0.1, 0.15) is 5.42 Å². The molecule has 8 nitrogen and oxygen atoms in total. The molecule has 0 bridgehead atoms. The molecule has 1 aliphatic rings. The average Bonchev–Trinajstić information content (AvgIpc) is 3.55. The van der Waals surface area contributed by atoms with E-state index in [1.54, 1.807) is 12.1 Å². The van der Waals surface area contributed by atoms with Crippen LogP contribution in [0.4, 0.5) is 0 Å². The summed E-state index contributed by atoms with van der Waals surface area (Å²) in [5.74, 6) is -2.91. The van der Waals surface area contributed by atoms with Crippen molar-refractivity contribution in [3.05, 3.63) is 113 Å². The Morgan fingerprint density at radius 2 is 1.32 bits per heavy atom. The van der Waals surface area contributed by atoms with Gasteiger partial charge in [-0.2, -0.15) is 0 Å². The molecule has 5 rings (SSSR count). The van der Waals surface area contributed by atoms with Crippen LogP contribution in [0, 0.1) is 5.92 Å². The van der Waals surface area contributed by atoms with E-state index in [1.165, 1.54) is 11.9 Å². The number of benzene rings is 3. The van der Waals surface area contributed by atoms with Crippen LogP contribution in [0.5, 0.6) is 0 Å². The number of likely N-dealkylation sites (tertiary alicyclic amines) is 1. The molecular weight excluding hydrogens is 648 g/mol. The van der Waals surface area contributed by atoms with Crippen LogP contribution in [0.15, 0.2) is 103 Å². The van der Waals surface area contributed by atoms with Gasteiger partial charge >= 0.3 is 5.97 Å². The van der Waals surface area contributed by atoms with E-state index in [9.17, 15) is 24.3 Å². The molecule has 4 aromatic rings. The molecule has 0 radical (unpaired) electrons. The Morgan fingerprint density at radius 3 is 1.74 bits per heavy atom. The van der Waals surface area contributed by atoms with Gasteiger partial charge in [0.15, 0.2) is 14.1 Å². The van der Waals surface area contributed by atoms with Gasteiger partial charge in [-0.05, 0) is 54.6 Å². The lowest BCUT2D eigenvalue weighted by Gasteiger charge is -2.51. The van der Waals surface area contributed by atoms with Crippen LogP contribution in [0.3, 0.4) is 0 Å². The minimum atomic E-state index is -3.21. The zero-order chi connectivity index (χ0) is 33.9. The van der Waals surface area contributed by atoms with Crippen LogP contribution in [0.25, 0.3) is 0 Å². The van der Waals surface area contributed by atoms with E-state index in [1.807, 2.05) is 118 Å². The number of Topliss-reactive ketones (excluding diaryl/α,β-unsaturated/α-hetero) is 1. The van der Waals surface area contributed by atoms with Gasteiger partial charge in [0, 0.05) is 20.4 Å². The van der Waals surface area contributed by atoms with E-state index in [2.05, 4.69) is 5.32 Å². The second kappa shape index (κ2) is 14.0. The molecule has 1 fully saturated rings. The Balaban J connectivity index is 1.78. The monoisotopic (exact) mass is 686 g/mol. The zero-order valence-corrected chi connectivity index (χ0v) is 29.8. The zero-order valence-electron chi connectivity index (χ0n) is 27.0. The molecule has 1 aliphatic heterocycles. The maximum atomic E-state index is 14.5. The normalized spacial score (nSPS) is 17.0. The summed E-state index contributed by atoms with van der Waals surface area (Å²) in [4.78, 5) is 56.6. The predicted molar refractivity (Wildman–Crippen MR) is 192 cm³/mol. The van der Waals surface area contributed by atoms with Gasteiger partial charge in [-0.15, -0.1) is 11.3 Å². The lowest BCUT2D eigenvalue weighted by molar-refractivity contribution is -0.155. The summed E-state index contributed by atoms with van der Waals surface area (Å²) in [5.41, 5.74) is -0.0439. The Morgan fingerprint density at radius 1 is 0.851 bits per heavy atom. The minimum Gasteiger partial charge on any atom is -0.477 e. The largest absolute Gasteiger partial charge is 0.477 e. The van der Waals surface area contributed by atoms with Crippen molar-refractivity contribution >= 4 is 71.4 Å². The van der Waals surface area contributed by atoms with E-state index in [0.29, 0.717) is 9.75 Å². The smallest absolute Gasteiger partial charge is 0.353 e. The van der Waals surface area contributed by atoms with Gasteiger partial charge in [0.05, 0.1) is 27.8 Å². The van der Waals surface area contributed by atoms with E-state index in [4.69, 9.17) is 4.43 Å². The summed E-state index contributed by atoms with van der Waals surface area (Å²) in [7, 11) is -0.597. The Labute approximate surface area is 280 Å². The maximum Gasteiger partial charge on any atom is 0.353 e. The average molecular weight is 687 g/mol. The number of carboxylic acids is 1. The van der Waals surface area contributed by atoms with Crippen LogP contribution in [0.1, 0.15) is 32.7 Å². The number of aliphatic carboxylic acids is 1. The van der Waals surface area contributed by atoms with E-state index < -0.39 is 39.2 Å². The number of amides is 2. The van der Waals surface area contributed by atoms with Crippen LogP contribution >= 0.6 is 18.2 Å². The topological polar surface area (TPSA) is 113 Å². The molecule has 1 saturated heterocycles. The first-order chi connectivity index (χ1) is 22.4. The second-order valence-electron chi connectivity index (χ2n) is 12.4. The Kier molecular flexibility index (Phi) is 10.2. The number of hydrogen-bond donors (Lipinski definition) is 2. The number of carbonyl (C=O) groups is 4. The number of nitrogens with one attached hydrogen (secondary N) is 1. The molecule has 0 unspecified atom stereocenters. The summed E-state index contributed by atoms with van der Waals surface area (Å²) < 4.78 is 6.39. The van der Waals surface area contributed by atoms with Gasteiger partial charge < -0.3 is 19.7 Å². The van der Waals surface area contributed by atoms with Gasteiger partial charge in [-0.1, -0.05) is 91.0 Å². The van der Waals surface area contributed by atoms with Crippen LogP contribution in [-0.4, -0.2) is 66.5 Å². The molecule has 3 atom stereocenters. The molecule has 0 saturated carbocycles. The van der Waals surface area contributed by atoms with Crippen molar-refractivity contribution in [3.8, 4) is 0 Å². The van der Waals surface area contributed by atoms with Crippen molar-refractivity contribution in [3.63, 3.8) is 0 Å². The van der Waals surface area contributed by atoms with Crippen molar-refractivity contribution < 1.29 is 28.7 Å². The number of hydrogen-bond acceptors (Lipinski definition) is 6. The summed E-state index contributed by atoms with van der Waals surface area (Å²) in [6.07, 6.45) is -0.667. The predicted octanol–water partition coefficient (Wildman–Crippen LogP) is 4.96. The first kappa shape index (κ1) is 34.3. The van der Waals surface area contributed by atoms with Gasteiger partial charge in [0.25, 0.3) is 5.91 Å². The highest BCUT2D eigenvalue weighted by Crippen LogP contribution is 2.50. The molecular formula is C36H39N2O6PSSi. The SMILES string of the molecule is CNC(=O)c1ccc(C(=O)C[C@@H]2[C@@H]([C@@H](C)O[Si](C)(C)C)C(=O)N2C(C(=O)O)=P(c2ccccc2)(c2ccccc2)c2ccccc2)s1. The van der Waals surface area contributed by atoms with E-state index in [-0.39, 0.29) is 29.4 Å². The lowest BCUT2D eigenvalue weighted by Crippen LogP contribution is -2.69. The minimum absolute atomic E-state index is 0.0439. The third-order valence-electron chi connectivity index (χ3n) is 8.21.